The van der Waals surface area contributed by atoms with Gasteiger partial charge in [-0.3, -0.25) is 14.4 Å². The van der Waals surface area contributed by atoms with Crippen molar-refractivity contribution in [1.82, 2.24) is 4.90 Å². The Morgan fingerprint density at radius 3 is 2.50 bits per heavy atom. The zero-order chi connectivity index (χ0) is 22.1. The van der Waals surface area contributed by atoms with Crippen molar-refractivity contribution in [2.45, 2.75) is 71.1 Å². The second-order valence-electron chi connectivity index (χ2n) is 8.93. The lowest BCUT2D eigenvalue weighted by Gasteiger charge is -2.25. The molecule has 0 heterocycles. The molecule has 0 aromatic carbocycles. The van der Waals surface area contributed by atoms with E-state index in [4.69, 9.17) is 4.74 Å². The molecule has 0 radical (unpaired) electrons. The predicted molar refractivity (Wildman–Crippen MR) is 119 cm³/mol. The molecule has 0 aliphatic heterocycles. The van der Waals surface area contributed by atoms with Crippen LogP contribution in [0.4, 0.5) is 0 Å². The molecule has 0 aromatic rings. The summed E-state index contributed by atoms with van der Waals surface area (Å²) >= 11 is 0. The molecule has 0 N–H and O–H groups in total. The number of ether oxygens (including phenoxy) is 1. The van der Waals surface area contributed by atoms with Crippen LogP contribution in [0.15, 0.2) is 25.3 Å². The molecule has 2 saturated carbocycles. The van der Waals surface area contributed by atoms with Crippen LogP contribution < -0.4 is 0 Å². The largest absolute Gasteiger partial charge is 0.466 e. The molecule has 2 rings (SSSR count). The minimum atomic E-state index is -0.478. The van der Waals surface area contributed by atoms with E-state index in [0.717, 1.165) is 51.5 Å². The third kappa shape index (κ3) is 5.83. The maximum absolute atomic E-state index is 12.9. The van der Waals surface area contributed by atoms with Crippen molar-refractivity contribution in [1.29, 1.82) is 0 Å². The Hall–Kier alpha value is -1.91. The zero-order valence-electron chi connectivity index (χ0n) is 18.9. The first kappa shape index (κ1) is 24.4. The minimum absolute atomic E-state index is 0.112. The Morgan fingerprint density at radius 2 is 1.87 bits per heavy atom. The molecular weight excluding hydrogens is 378 g/mol. The zero-order valence-corrected chi connectivity index (χ0v) is 18.9. The number of amides is 1. The van der Waals surface area contributed by atoms with E-state index in [9.17, 15) is 14.4 Å². The molecule has 2 aliphatic carbocycles. The molecular formula is C25H39NO4. The first-order valence-electron chi connectivity index (χ1n) is 11.6. The summed E-state index contributed by atoms with van der Waals surface area (Å²) in [6, 6.07) is 0. The van der Waals surface area contributed by atoms with E-state index in [2.05, 4.69) is 13.2 Å². The van der Waals surface area contributed by atoms with Crippen molar-refractivity contribution in [3.05, 3.63) is 25.3 Å². The number of ketones is 1. The number of rotatable bonds is 14. The second-order valence-corrected chi connectivity index (χ2v) is 8.93. The number of hydrogen-bond donors (Lipinski definition) is 0. The summed E-state index contributed by atoms with van der Waals surface area (Å²) in [5.74, 6) is -0.0533. The van der Waals surface area contributed by atoms with Crippen LogP contribution in [0, 0.1) is 23.2 Å². The maximum atomic E-state index is 12.9. The van der Waals surface area contributed by atoms with Crippen LogP contribution in [0.25, 0.3) is 0 Å². The average molecular weight is 418 g/mol. The molecule has 4 atom stereocenters. The number of carbonyl (C=O) groups excluding carboxylic acids is 3. The number of carbonyl (C=O) groups is 3. The van der Waals surface area contributed by atoms with Gasteiger partial charge >= 0.3 is 5.97 Å². The highest BCUT2D eigenvalue weighted by Crippen LogP contribution is 2.57. The van der Waals surface area contributed by atoms with Gasteiger partial charge in [0.2, 0.25) is 5.91 Å². The van der Waals surface area contributed by atoms with E-state index in [1.54, 1.807) is 4.90 Å². The standard InChI is InChI=1S/C25H39NO4/c1-5-8-9-10-17-26(4)23(28)21-14-11-13-20(21)22(27)15-12-16-25(18-19(25)6-2)24(29)30-7-3/h5-6,19-21H,1-2,7-18H2,3-4H3/t19-,20?,21-,25+/m1/s1. The van der Waals surface area contributed by atoms with E-state index in [1.807, 2.05) is 26.1 Å². The van der Waals surface area contributed by atoms with Crippen LogP contribution >= 0.6 is 0 Å². The molecule has 1 amide bonds. The van der Waals surface area contributed by atoms with Crippen LogP contribution in [-0.2, 0) is 19.1 Å². The quantitative estimate of drug-likeness (QED) is 0.233. The predicted octanol–water partition coefficient (Wildman–Crippen LogP) is 4.71. The highest BCUT2D eigenvalue weighted by Gasteiger charge is 2.58. The molecule has 2 fully saturated rings. The van der Waals surface area contributed by atoms with E-state index < -0.39 is 5.41 Å². The molecule has 1 unspecified atom stereocenters. The van der Waals surface area contributed by atoms with E-state index in [-0.39, 0.29) is 35.4 Å². The Bertz CT molecular complexity index is 643. The summed E-state index contributed by atoms with van der Waals surface area (Å²) in [7, 11) is 1.85. The van der Waals surface area contributed by atoms with Gasteiger partial charge in [-0.05, 0) is 64.2 Å². The fourth-order valence-corrected chi connectivity index (χ4v) is 4.98. The molecule has 0 bridgehead atoms. The number of hydrogen-bond acceptors (Lipinski definition) is 4. The van der Waals surface area contributed by atoms with Crippen molar-refractivity contribution < 1.29 is 19.1 Å². The van der Waals surface area contributed by atoms with Gasteiger partial charge in [0.15, 0.2) is 0 Å². The second kappa shape index (κ2) is 11.5. The highest BCUT2D eigenvalue weighted by atomic mass is 16.5. The Labute approximate surface area is 181 Å². The van der Waals surface area contributed by atoms with Gasteiger partial charge in [-0.15, -0.1) is 13.2 Å². The number of allylic oxidation sites excluding steroid dienone is 2. The summed E-state index contributed by atoms with van der Waals surface area (Å²) in [5, 5.41) is 0. The molecule has 5 nitrogen and oxygen atoms in total. The summed E-state index contributed by atoms with van der Waals surface area (Å²) in [5.41, 5.74) is -0.478. The third-order valence-electron chi connectivity index (χ3n) is 6.92. The summed E-state index contributed by atoms with van der Waals surface area (Å²) in [6.45, 7) is 10.5. The average Bonchev–Trinajstić information content (AvgIpc) is 3.24. The first-order valence-corrected chi connectivity index (χ1v) is 11.6. The Kier molecular flexibility index (Phi) is 9.32. The lowest BCUT2D eigenvalue weighted by molar-refractivity contribution is -0.150. The smallest absolute Gasteiger partial charge is 0.312 e. The van der Waals surface area contributed by atoms with E-state index in [0.29, 0.717) is 25.9 Å². The van der Waals surface area contributed by atoms with Gasteiger partial charge in [0.25, 0.3) is 0 Å². The third-order valence-corrected chi connectivity index (χ3v) is 6.92. The van der Waals surface area contributed by atoms with Crippen molar-refractivity contribution in [3.63, 3.8) is 0 Å². The number of nitrogens with zero attached hydrogens (tertiary/aromatic N) is 1. The minimum Gasteiger partial charge on any atom is -0.466 e. The van der Waals surface area contributed by atoms with Crippen LogP contribution in [0.5, 0.6) is 0 Å². The van der Waals surface area contributed by atoms with E-state index >= 15 is 0 Å². The normalized spacial score (nSPS) is 27.3. The molecule has 0 spiro atoms. The first-order chi connectivity index (χ1) is 14.4. The van der Waals surface area contributed by atoms with Crippen molar-refractivity contribution in [2.75, 3.05) is 20.2 Å². The summed E-state index contributed by atoms with van der Waals surface area (Å²) in [6.07, 6.45) is 11.7. The van der Waals surface area contributed by atoms with Crippen LogP contribution in [0.1, 0.15) is 71.1 Å². The van der Waals surface area contributed by atoms with Crippen LogP contribution in [0.2, 0.25) is 0 Å². The van der Waals surface area contributed by atoms with Crippen LogP contribution in [0.3, 0.4) is 0 Å². The lowest BCUT2D eigenvalue weighted by atomic mass is 9.87. The fraction of sp³-hybridized carbons (Fsp3) is 0.720. The maximum Gasteiger partial charge on any atom is 0.312 e. The molecule has 0 aromatic heterocycles. The molecule has 2 aliphatic rings. The molecule has 30 heavy (non-hydrogen) atoms. The van der Waals surface area contributed by atoms with Gasteiger partial charge in [0.05, 0.1) is 12.0 Å². The summed E-state index contributed by atoms with van der Waals surface area (Å²) < 4.78 is 5.25. The monoisotopic (exact) mass is 417 g/mol. The fourth-order valence-electron chi connectivity index (χ4n) is 4.98. The lowest BCUT2D eigenvalue weighted by Crippen LogP contribution is -2.37. The van der Waals surface area contributed by atoms with Gasteiger partial charge in [0.1, 0.15) is 5.78 Å². The molecule has 5 heteroatoms. The van der Waals surface area contributed by atoms with Gasteiger partial charge in [-0.1, -0.05) is 18.6 Å². The Morgan fingerprint density at radius 1 is 1.13 bits per heavy atom. The van der Waals surface area contributed by atoms with Gasteiger partial charge in [-0.2, -0.15) is 0 Å². The van der Waals surface area contributed by atoms with Gasteiger partial charge in [-0.25, -0.2) is 0 Å². The van der Waals surface area contributed by atoms with Crippen molar-refractivity contribution in [3.8, 4) is 0 Å². The molecule has 168 valence electrons. The number of esters is 1. The number of Topliss-reactive ketones (excluding diaryl/α,β-unsaturated/α-hetero) is 1. The topological polar surface area (TPSA) is 63.7 Å². The van der Waals surface area contributed by atoms with Gasteiger partial charge < -0.3 is 9.64 Å². The number of unbranched alkanes of at least 4 members (excludes halogenated alkanes) is 2. The highest BCUT2D eigenvalue weighted by molar-refractivity contribution is 5.89. The SMILES string of the molecule is C=CCCCCN(C)C(=O)[C@@H]1CCCC1C(=O)CCC[C@]1(C(=O)OCC)C[C@H]1C=C. The van der Waals surface area contributed by atoms with Crippen molar-refractivity contribution >= 4 is 17.7 Å². The van der Waals surface area contributed by atoms with E-state index in [1.165, 1.54) is 0 Å². The summed E-state index contributed by atoms with van der Waals surface area (Å²) in [4.78, 5) is 40.0. The van der Waals surface area contributed by atoms with Crippen LogP contribution in [-0.4, -0.2) is 42.8 Å². The Balaban J connectivity index is 1.84. The molecule has 0 saturated heterocycles. The van der Waals surface area contributed by atoms with Gasteiger partial charge in [0, 0.05) is 31.8 Å². The van der Waals surface area contributed by atoms with Crippen molar-refractivity contribution in [2.24, 2.45) is 23.2 Å².